The van der Waals surface area contributed by atoms with Crippen LogP contribution in [0.3, 0.4) is 0 Å². The van der Waals surface area contributed by atoms with E-state index in [1.54, 1.807) is 0 Å². The maximum Gasteiger partial charge on any atom is 0.238 e. The molecule has 1 saturated heterocycles. The van der Waals surface area contributed by atoms with Gasteiger partial charge < -0.3 is 10.4 Å². The highest BCUT2D eigenvalue weighted by atomic mass is 16.3. The molecule has 0 unspecified atom stereocenters. The SMILES string of the molecule is CCCC1(O)CN(CC(=O)Nc2ccccc2)C1. The summed E-state index contributed by atoms with van der Waals surface area (Å²) in [5.41, 5.74) is 0.244. The molecule has 0 radical (unpaired) electrons. The first-order valence-electron chi connectivity index (χ1n) is 6.41. The van der Waals surface area contributed by atoms with Gasteiger partial charge in [0.25, 0.3) is 0 Å². The molecule has 1 aromatic carbocycles. The Hall–Kier alpha value is -1.39. The van der Waals surface area contributed by atoms with Crippen LogP contribution in [0, 0.1) is 0 Å². The van der Waals surface area contributed by atoms with Crippen molar-refractivity contribution in [3.05, 3.63) is 30.3 Å². The molecule has 0 aromatic heterocycles. The molecule has 1 amide bonds. The lowest BCUT2D eigenvalue weighted by Crippen LogP contribution is -2.62. The molecule has 18 heavy (non-hydrogen) atoms. The van der Waals surface area contributed by atoms with E-state index in [4.69, 9.17) is 0 Å². The molecule has 1 aliphatic heterocycles. The monoisotopic (exact) mass is 248 g/mol. The van der Waals surface area contributed by atoms with Crippen LogP contribution in [0.5, 0.6) is 0 Å². The molecule has 1 aliphatic rings. The maximum atomic E-state index is 11.8. The van der Waals surface area contributed by atoms with Crippen molar-refractivity contribution in [2.45, 2.75) is 25.4 Å². The molecule has 4 heteroatoms. The quantitative estimate of drug-likeness (QED) is 0.829. The number of hydrogen-bond donors (Lipinski definition) is 2. The zero-order valence-corrected chi connectivity index (χ0v) is 10.7. The van der Waals surface area contributed by atoms with Gasteiger partial charge in [-0.2, -0.15) is 0 Å². The van der Waals surface area contributed by atoms with Gasteiger partial charge in [-0.15, -0.1) is 0 Å². The molecule has 2 rings (SSSR count). The number of anilines is 1. The number of carbonyl (C=O) groups is 1. The fourth-order valence-corrected chi connectivity index (χ4v) is 2.45. The average Bonchev–Trinajstić information content (AvgIpc) is 2.28. The molecule has 98 valence electrons. The maximum absolute atomic E-state index is 11.8. The molecule has 1 aromatic rings. The van der Waals surface area contributed by atoms with Crippen molar-refractivity contribution in [3.63, 3.8) is 0 Å². The van der Waals surface area contributed by atoms with Gasteiger partial charge in [0.1, 0.15) is 0 Å². The Morgan fingerprint density at radius 1 is 1.39 bits per heavy atom. The largest absolute Gasteiger partial charge is 0.387 e. The zero-order valence-electron chi connectivity index (χ0n) is 10.7. The molecule has 4 nitrogen and oxygen atoms in total. The highest BCUT2D eigenvalue weighted by molar-refractivity contribution is 5.92. The highest BCUT2D eigenvalue weighted by Gasteiger charge is 2.40. The third-order valence-electron chi connectivity index (χ3n) is 3.18. The van der Waals surface area contributed by atoms with E-state index >= 15 is 0 Å². The number of nitrogens with one attached hydrogen (secondary N) is 1. The number of hydrogen-bond acceptors (Lipinski definition) is 3. The standard InChI is InChI=1S/C14H20N2O2/c1-2-8-14(18)10-16(11-14)9-13(17)15-12-6-4-3-5-7-12/h3-7,18H,2,8-11H2,1H3,(H,15,17). The molecular weight excluding hydrogens is 228 g/mol. The Labute approximate surface area is 108 Å². The number of likely N-dealkylation sites (tertiary alicyclic amines) is 1. The van der Waals surface area contributed by atoms with Crippen molar-refractivity contribution < 1.29 is 9.90 Å². The van der Waals surface area contributed by atoms with E-state index < -0.39 is 5.60 Å². The smallest absolute Gasteiger partial charge is 0.238 e. The van der Waals surface area contributed by atoms with Crippen molar-refractivity contribution in [1.29, 1.82) is 0 Å². The van der Waals surface area contributed by atoms with Crippen LogP contribution < -0.4 is 5.32 Å². The minimum Gasteiger partial charge on any atom is -0.387 e. The van der Waals surface area contributed by atoms with Crippen molar-refractivity contribution in [2.75, 3.05) is 25.0 Å². The third-order valence-corrected chi connectivity index (χ3v) is 3.18. The third kappa shape index (κ3) is 3.31. The van der Waals surface area contributed by atoms with Crippen LogP contribution in [-0.4, -0.2) is 41.1 Å². The highest BCUT2D eigenvalue weighted by Crippen LogP contribution is 2.25. The normalized spacial score (nSPS) is 18.1. The second-order valence-electron chi connectivity index (χ2n) is 5.03. The number of amides is 1. The van der Waals surface area contributed by atoms with Crippen LogP contribution in [0.2, 0.25) is 0 Å². The van der Waals surface area contributed by atoms with Crippen LogP contribution in [0.1, 0.15) is 19.8 Å². The minimum absolute atomic E-state index is 0.0280. The Kier molecular flexibility index (Phi) is 3.99. The number of aliphatic hydroxyl groups is 1. The van der Waals surface area contributed by atoms with E-state index in [0.717, 1.165) is 18.5 Å². The van der Waals surface area contributed by atoms with E-state index in [-0.39, 0.29) is 5.91 Å². The van der Waals surface area contributed by atoms with Gasteiger partial charge in [-0.3, -0.25) is 9.69 Å². The predicted molar refractivity (Wildman–Crippen MR) is 71.4 cm³/mol. The molecule has 0 bridgehead atoms. The Bertz CT molecular complexity index is 400. The summed E-state index contributed by atoms with van der Waals surface area (Å²) in [6.45, 7) is 3.61. The topological polar surface area (TPSA) is 52.6 Å². The Morgan fingerprint density at radius 3 is 2.67 bits per heavy atom. The summed E-state index contributed by atoms with van der Waals surface area (Å²) in [6.07, 6.45) is 1.78. The van der Waals surface area contributed by atoms with Gasteiger partial charge >= 0.3 is 0 Å². The second-order valence-corrected chi connectivity index (χ2v) is 5.03. The van der Waals surface area contributed by atoms with Crippen LogP contribution in [0.4, 0.5) is 5.69 Å². The predicted octanol–water partition coefficient (Wildman–Crippen LogP) is 1.47. The van der Waals surface area contributed by atoms with Gasteiger partial charge in [-0.25, -0.2) is 0 Å². The van der Waals surface area contributed by atoms with Gasteiger partial charge in [0, 0.05) is 18.8 Å². The molecule has 1 fully saturated rings. The summed E-state index contributed by atoms with van der Waals surface area (Å²) in [7, 11) is 0. The van der Waals surface area contributed by atoms with Crippen LogP contribution in [0.25, 0.3) is 0 Å². The molecule has 2 N–H and O–H groups in total. The van der Waals surface area contributed by atoms with E-state index in [1.165, 1.54) is 0 Å². The van der Waals surface area contributed by atoms with Crippen LogP contribution >= 0.6 is 0 Å². The molecule has 0 atom stereocenters. The number of para-hydroxylation sites is 1. The summed E-state index contributed by atoms with van der Waals surface area (Å²) in [4.78, 5) is 13.7. The average molecular weight is 248 g/mol. The summed E-state index contributed by atoms with van der Waals surface area (Å²) < 4.78 is 0. The summed E-state index contributed by atoms with van der Waals surface area (Å²) in [5, 5.41) is 12.8. The molecule has 0 spiro atoms. The Morgan fingerprint density at radius 2 is 2.06 bits per heavy atom. The van der Waals surface area contributed by atoms with Gasteiger partial charge in [-0.1, -0.05) is 31.5 Å². The van der Waals surface area contributed by atoms with Gasteiger partial charge in [0.2, 0.25) is 5.91 Å². The lowest BCUT2D eigenvalue weighted by molar-refractivity contribution is -0.129. The van der Waals surface area contributed by atoms with Crippen molar-refractivity contribution in [1.82, 2.24) is 4.90 Å². The van der Waals surface area contributed by atoms with Crippen molar-refractivity contribution in [3.8, 4) is 0 Å². The molecule has 1 heterocycles. The van der Waals surface area contributed by atoms with E-state index in [2.05, 4.69) is 12.2 Å². The lowest BCUT2D eigenvalue weighted by Gasteiger charge is -2.46. The fourth-order valence-electron chi connectivity index (χ4n) is 2.45. The minimum atomic E-state index is -0.568. The van der Waals surface area contributed by atoms with Crippen molar-refractivity contribution >= 4 is 11.6 Å². The van der Waals surface area contributed by atoms with E-state index in [9.17, 15) is 9.90 Å². The molecular formula is C14H20N2O2. The first-order valence-corrected chi connectivity index (χ1v) is 6.41. The van der Waals surface area contributed by atoms with E-state index in [0.29, 0.717) is 19.6 Å². The summed E-state index contributed by atoms with van der Waals surface area (Å²) in [6, 6.07) is 9.41. The van der Waals surface area contributed by atoms with Crippen LogP contribution in [0.15, 0.2) is 30.3 Å². The first kappa shape index (κ1) is 13.1. The molecule has 0 saturated carbocycles. The number of β-amino-alcohol motifs (C(OH)–C–C–N with tert-alkyl or cyclic N) is 1. The number of benzene rings is 1. The van der Waals surface area contributed by atoms with Crippen LogP contribution in [-0.2, 0) is 4.79 Å². The number of carbonyl (C=O) groups excluding carboxylic acids is 1. The number of rotatable bonds is 5. The van der Waals surface area contributed by atoms with Gasteiger partial charge in [0.15, 0.2) is 0 Å². The first-order chi connectivity index (χ1) is 8.61. The lowest BCUT2D eigenvalue weighted by atomic mass is 9.89. The summed E-state index contributed by atoms with van der Waals surface area (Å²) >= 11 is 0. The van der Waals surface area contributed by atoms with Gasteiger partial charge in [0.05, 0.1) is 12.1 Å². The van der Waals surface area contributed by atoms with Gasteiger partial charge in [-0.05, 0) is 18.6 Å². The summed E-state index contributed by atoms with van der Waals surface area (Å²) in [5.74, 6) is -0.0280. The fraction of sp³-hybridized carbons (Fsp3) is 0.500. The Balaban J connectivity index is 1.74. The molecule has 0 aliphatic carbocycles. The number of nitrogens with zero attached hydrogens (tertiary/aromatic N) is 1. The second kappa shape index (κ2) is 5.50. The van der Waals surface area contributed by atoms with Crippen molar-refractivity contribution in [2.24, 2.45) is 0 Å². The van der Waals surface area contributed by atoms with E-state index in [1.807, 2.05) is 35.2 Å². The zero-order chi connectivity index (χ0) is 13.0.